The molecule has 2 saturated heterocycles. The highest BCUT2D eigenvalue weighted by atomic mass is 19.1. The summed E-state index contributed by atoms with van der Waals surface area (Å²) in [7, 11) is 1.68. The molecule has 2 bridgehead atoms. The largest absolute Gasteiger partial charge is 0.490 e. The number of nitrogens with zero attached hydrogens (tertiary/aromatic N) is 3. The highest BCUT2D eigenvalue weighted by molar-refractivity contribution is 6.06. The van der Waals surface area contributed by atoms with E-state index >= 15 is 0 Å². The fraction of sp³-hybridized carbons (Fsp3) is 0.500. The molecule has 3 aromatic rings. The van der Waals surface area contributed by atoms with Crippen LogP contribution < -0.4 is 15.6 Å². The number of rotatable bonds is 8. The van der Waals surface area contributed by atoms with Crippen molar-refractivity contribution in [2.75, 3.05) is 25.6 Å². The topological polar surface area (TPSA) is 96.1 Å². The highest BCUT2D eigenvalue weighted by Gasteiger charge is 2.64. The van der Waals surface area contributed by atoms with Gasteiger partial charge in [-0.3, -0.25) is 9.59 Å². The molecule has 1 amide bonds. The standard InChI is InChI=1S/C26H29FN4O5/c1-15(2)36-20-8-22-29-21(25-11-26(12-25,14-34-3)35-13-25)10-30(22)9-16(20)23(32)28-18-5-4-6-31(24(18)33)19-7-17(19)27/h4-6,8-10,15,17,19H,7,11-14H2,1-3H3,(H,28,32). The van der Waals surface area contributed by atoms with Gasteiger partial charge >= 0.3 is 0 Å². The van der Waals surface area contributed by atoms with Crippen LogP contribution in [-0.2, 0) is 14.9 Å². The van der Waals surface area contributed by atoms with Crippen molar-refractivity contribution in [1.29, 1.82) is 0 Å². The molecule has 5 heterocycles. The molecule has 7 rings (SSSR count). The molecule has 2 aliphatic carbocycles. The Bertz CT molecular complexity index is 1410. The summed E-state index contributed by atoms with van der Waals surface area (Å²) >= 11 is 0. The quantitative estimate of drug-likeness (QED) is 0.514. The van der Waals surface area contributed by atoms with Crippen molar-refractivity contribution in [3.63, 3.8) is 0 Å². The van der Waals surface area contributed by atoms with Crippen molar-refractivity contribution in [2.45, 2.75) is 62.4 Å². The summed E-state index contributed by atoms with van der Waals surface area (Å²) in [5, 5.41) is 2.70. The molecule has 36 heavy (non-hydrogen) atoms. The number of carbonyl (C=O) groups is 1. The molecule has 4 aliphatic rings. The van der Waals surface area contributed by atoms with E-state index in [9.17, 15) is 14.0 Å². The van der Waals surface area contributed by atoms with Gasteiger partial charge in [0.1, 0.15) is 23.3 Å². The molecule has 0 spiro atoms. The summed E-state index contributed by atoms with van der Waals surface area (Å²) in [6.07, 6.45) is 5.94. The lowest BCUT2D eigenvalue weighted by molar-refractivity contribution is -0.0614. The first-order chi connectivity index (χ1) is 17.2. The van der Waals surface area contributed by atoms with Gasteiger partial charge in [-0.25, -0.2) is 9.37 Å². The summed E-state index contributed by atoms with van der Waals surface area (Å²) in [6, 6.07) is 4.42. The lowest BCUT2D eigenvalue weighted by Crippen LogP contribution is -2.49. The van der Waals surface area contributed by atoms with E-state index < -0.39 is 23.7 Å². The van der Waals surface area contributed by atoms with E-state index in [0.717, 1.165) is 18.5 Å². The number of halogens is 1. The first-order valence-electron chi connectivity index (χ1n) is 12.2. The van der Waals surface area contributed by atoms with E-state index in [1.807, 2.05) is 24.4 Å². The summed E-state index contributed by atoms with van der Waals surface area (Å²) in [5.74, 6) is -0.118. The van der Waals surface area contributed by atoms with Gasteiger partial charge in [-0.15, -0.1) is 0 Å². The van der Waals surface area contributed by atoms with Gasteiger partial charge in [-0.05, 0) is 38.8 Å². The van der Waals surface area contributed by atoms with Crippen molar-refractivity contribution in [3.05, 3.63) is 58.4 Å². The number of hydrogen-bond donors (Lipinski definition) is 1. The SMILES string of the molecule is COCC12CC(c3cn4cc(C(=O)Nc5cccn(C6CC6F)c5=O)c(OC(C)C)cc4n3)(CO1)C2. The number of aromatic nitrogens is 3. The van der Waals surface area contributed by atoms with Crippen molar-refractivity contribution in [1.82, 2.24) is 14.0 Å². The molecule has 2 atom stereocenters. The number of ether oxygens (including phenoxy) is 3. The molecule has 2 saturated carbocycles. The fourth-order valence-corrected chi connectivity index (χ4v) is 5.63. The number of nitrogens with one attached hydrogen (secondary N) is 1. The van der Waals surface area contributed by atoms with Crippen LogP contribution in [0.1, 0.15) is 55.2 Å². The molecule has 2 unspecified atom stereocenters. The summed E-state index contributed by atoms with van der Waals surface area (Å²) < 4.78 is 34.0. The molecule has 0 aromatic carbocycles. The van der Waals surface area contributed by atoms with Crippen LogP contribution in [0, 0.1) is 0 Å². The Hall–Kier alpha value is -3.24. The third kappa shape index (κ3) is 3.70. The van der Waals surface area contributed by atoms with E-state index in [4.69, 9.17) is 19.2 Å². The van der Waals surface area contributed by atoms with Crippen LogP contribution in [0.4, 0.5) is 10.1 Å². The van der Waals surface area contributed by atoms with Gasteiger partial charge in [0.05, 0.1) is 42.2 Å². The molecule has 2 aliphatic heterocycles. The van der Waals surface area contributed by atoms with E-state index in [0.29, 0.717) is 31.0 Å². The second-order valence-corrected chi connectivity index (χ2v) is 10.6. The normalized spacial score (nSPS) is 28.4. The summed E-state index contributed by atoms with van der Waals surface area (Å²) in [5.41, 5.74) is 1.12. The Labute approximate surface area is 207 Å². The molecule has 3 aromatic heterocycles. The van der Waals surface area contributed by atoms with E-state index in [1.54, 1.807) is 31.6 Å². The Balaban J connectivity index is 1.32. The highest BCUT2D eigenvalue weighted by Crippen LogP contribution is 2.58. The van der Waals surface area contributed by atoms with Gasteiger partial charge in [0.2, 0.25) is 0 Å². The molecule has 190 valence electrons. The Kier molecular flexibility index (Phi) is 5.24. The van der Waals surface area contributed by atoms with Gasteiger partial charge in [0.25, 0.3) is 11.5 Å². The predicted octanol–water partition coefficient (Wildman–Crippen LogP) is 3.27. The monoisotopic (exact) mass is 496 g/mol. The fourth-order valence-electron chi connectivity index (χ4n) is 5.63. The molecule has 1 N–H and O–H groups in total. The number of fused-ring (bicyclic) bond motifs is 2. The number of amides is 1. The zero-order valence-corrected chi connectivity index (χ0v) is 20.5. The zero-order valence-electron chi connectivity index (χ0n) is 20.5. The van der Waals surface area contributed by atoms with Crippen LogP contribution in [0.5, 0.6) is 5.75 Å². The third-order valence-electron chi connectivity index (χ3n) is 7.35. The van der Waals surface area contributed by atoms with Crippen molar-refractivity contribution in [2.24, 2.45) is 0 Å². The molecular formula is C26H29FN4O5. The van der Waals surface area contributed by atoms with Gasteiger partial charge in [0, 0.05) is 43.6 Å². The lowest BCUT2D eigenvalue weighted by Gasteiger charge is -2.43. The second kappa shape index (κ2) is 8.14. The van der Waals surface area contributed by atoms with Gasteiger partial charge in [0.15, 0.2) is 0 Å². The van der Waals surface area contributed by atoms with E-state index in [-0.39, 0.29) is 28.4 Å². The molecule has 9 nitrogen and oxygen atoms in total. The smallest absolute Gasteiger partial charge is 0.274 e. The number of methoxy groups -OCH3 is 1. The molecule has 4 fully saturated rings. The molecule has 0 radical (unpaired) electrons. The van der Waals surface area contributed by atoms with Crippen molar-refractivity contribution in [3.8, 4) is 5.75 Å². The predicted molar refractivity (Wildman–Crippen MR) is 130 cm³/mol. The number of imidazole rings is 1. The summed E-state index contributed by atoms with van der Waals surface area (Å²) in [4.78, 5) is 31.0. The minimum atomic E-state index is -1.03. The Morgan fingerprint density at radius 1 is 1.36 bits per heavy atom. The number of alkyl halides is 1. The maximum atomic E-state index is 13.5. The Morgan fingerprint density at radius 3 is 2.83 bits per heavy atom. The van der Waals surface area contributed by atoms with Crippen LogP contribution in [0.15, 0.2) is 41.6 Å². The number of carbonyl (C=O) groups excluding carboxylic acids is 1. The van der Waals surface area contributed by atoms with Gasteiger partial charge in [-0.1, -0.05) is 0 Å². The average molecular weight is 497 g/mol. The first kappa shape index (κ1) is 23.2. The maximum absolute atomic E-state index is 13.5. The Morgan fingerprint density at radius 2 is 2.14 bits per heavy atom. The third-order valence-corrected chi connectivity index (χ3v) is 7.35. The zero-order chi connectivity index (χ0) is 25.2. The molecule has 10 heteroatoms. The van der Waals surface area contributed by atoms with Crippen LogP contribution >= 0.6 is 0 Å². The lowest BCUT2D eigenvalue weighted by atomic mass is 9.61. The summed E-state index contributed by atoms with van der Waals surface area (Å²) in [6.45, 7) is 4.90. The number of pyridine rings is 2. The van der Waals surface area contributed by atoms with Crippen LogP contribution in [0.25, 0.3) is 5.65 Å². The minimum absolute atomic E-state index is 0.0921. The number of hydrogen-bond acceptors (Lipinski definition) is 6. The van der Waals surface area contributed by atoms with Crippen molar-refractivity contribution < 1.29 is 23.4 Å². The van der Waals surface area contributed by atoms with Gasteiger partial charge in [-0.2, -0.15) is 0 Å². The first-order valence-corrected chi connectivity index (χ1v) is 12.2. The van der Waals surface area contributed by atoms with Crippen LogP contribution in [0.2, 0.25) is 0 Å². The number of anilines is 1. The second-order valence-electron chi connectivity index (χ2n) is 10.6. The van der Waals surface area contributed by atoms with E-state index in [1.165, 1.54) is 10.6 Å². The van der Waals surface area contributed by atoms with E-state index in [2.05, 4.69) is 5.32 Å². The maximum Gasteiger partial charge on any atom is 0.274 e. The van der Waals surface area contributed by atoms with Crippen LogP contribution in [0.3, 0.4) is 0 Å². The average Bonchev–Trinajstić information content (AvgIpc) is 3.13. The van der Waals surface area contributed by atoms with Crippen molar-refractivity contribution >= 4 is 17.2 Å². The minimum Gasteiger partial charge on any atom is -0.490 e. The van der Waals surface area contributed by atoms with Gasteiger partial charge < -0.3 is 28.5 Å². The van der Waals surface area contributed by atoms with Crippen LogP contribution in [-0.4, -0.2) is 58.1 Å². The molecular weight excluding hydrogens is 467 g/mol.